The van der Waals surface area contributed by atoms with E-state index in [0.717, 1.165) is 0 Å². The number of carbonyl (C=O) groups excluding carboxylic acids is 3. The summed E-state index contributed by atoms with van der Waals surface area (Å²) in [5.41, 5.74) is 2.09. The van der Waals surface area contributed by atoms with Crippen LogP contribution in [0.5, 0.6) is 5.75 Å². The van der Waals surface area contributed by atoms with Crippen molar-refractivity contribution in [1.82, 2.24) is 25.3 Å². The molecule has 0 saturated heterocycles. The van der Waals surface area contributed by atoms with Crippen LogP contribution in [-0.2, 0) is 34.3 Å². The van der Waals surface area contributed by atoms with Crippen molar-refractivity contribution in [1.29, 1.82) is 0 Å². The molecule has 0 unspecified atom stereocenters. The van der Waals surface area contributed by atoms with Gasteiger partial charge >= 0.3 is 19.8 Å². The van der Waals surface area contributed by atoms with E-state index in [1.54, 1.807) is 44.3 Å². The van der Waals surface area contributed by atoms with Crippen molar-refractivity contribution in [3.05, 3.63) is 87.2 Å². The molecule has 55 heavy (non-hydrogen) atoms. The van der Waals surface area contributed by atoms with Gasteiger partial charge < -0.3 is 34.5 Å². The molecule has 0 fully saturated rings. The molecule has 2 aromatic heterocycles. The Bertz CT molecular complexity index is 2230. The number of anilines is 1. The van der Waals surface area contributed by atoms with Gasteiger partial charge in [-0.2, -0.15) is 0 Å². The molecule has 0 aliphatic rings. The zero-order valence-corrected chi connectivity index (χ0v) is 30.7. The van der Waals surface area contributed by atoms with E-state index in [1.165, 1.54) is 30.5 Å². The maximum Gasteiger partial charge on any atom is 0.604 e. The maximum atomic E-state index is 13.0. The Balaban J connectivity index is 1.25. The number of nitrogens with zero attached hydrogens (tertiary/aromatic N) is 3. The number of ether oxygens (including phenoxy) is 1. The van der Waals surface area contributed by atoms with Crippen LogP contribution in [0.25, 0.3) is 11.2 Å². The topological polar surface area (TPSA) is 238 Å². The van der Waals surface area contributed by atoms with Crippen LogP contribution in [0.4, 0.5) is 5.69 Å². The first-order chi connectivity index (χ1) is 26.3. The predicted molar refractivity (Wildman–Crippen MR) is 198 cm³/mol. The van der Waals surface area contributed by atoms with Crippen LogP contribution >= 0.6 is 7.82 Å². The Morgan fingerprint density at radius 3 is 2.40 bits per heavy atom. The summed E-state index contributed by atoms with van der Waals surface area (Å²) in [6, 6.07) is 9.52. The number of hydrogen-bond donors (Lipinski definition) is 4. The van der Waals surface area contributed by atoms with Crippen molar-refractivity contribution in [3.8, 4) is 30.8 Å². The minimum atomic E-state index is -4.07. The second-order valence-electron chi connectivity index (χ2n) is 11.9. The second kappa shape index (κ2) is 19.5. The van der Waals surface area contributed by atoms with E-state index in [2.05, 4.69) is 39.6 Å². The molecule has 4 rings (SSSR count). The summed E-state index contributed by atoms with van der Waals surface area (Å²) in [7, 11) is -4.07. The van der Waals surface area contributed by atoms with Gasteiger partial charge in [0.1, 0.15) is 29.8 Å². The molecule has 1 amide bonds. The largest absolute Gasteiger partial charge is 0.604 e. The molecule has 4 aromatic rings. The van der Waals surface area contributed by atoms with Gasteiger partial charge in [0, 0.05) is 24.1 Å². The number of carbonyl (C=O) groups is 4. The predicted octanol–water partition coefficient (Wildman–Crippen LogP) is 4.59. The summed E-state index contributed by atoms with van der Waals surface area (Å²) in [4.78, 5) is 78.2. The SMILES string of the molecule is C#COP(=O)(OC#C)OCCCCCC(=O)c1ccc(C)cc1OC(=O)CC[C@H](NC(=O)c1ccc(NCc2cnc3nc(C)[nH]c(=O)c3n2)cc1)C(=O)O. The number of terminal acetylenes is 2. The number of H-pyrrole nitrogens is 1. The van der Waals surface area contributed by atoms with Gasteiger partial charge in [0.25, 0.3) is 11.5 Å². The molecule has 0 aliphatic carbocycles. The number of phosphoric acid groups is 1. The number of hydrogen-bond acceptors (Lipinski definition) is 14. The van der Waals surface area contributed by atoms with E-state index in [9.17, 15) is 33.6 Å². The lowest BCUT2D eigenvalue weighted by atomic mass is 10.0. The molecule has 0 radical (unpaired) electrons. The summed E-state index contributed by atoms with van der Waals surface area (Å²) < 4.78 is 31.6. The number of phosphoric ester groups is 1. The molecule has 1 atom stereocenters. The Morgan fingerprint density at radius 1 is 0.982 bits per heavy atom. The molecular formula is C37H37N6O11P. The molecule has 18 heteroatoms. The third-order valence-electron chi connectivity index (χ3n) is 7.74. The maximum absolute atomic E-state index is 13.0. The minimum Gasteiger partial charge on any atom is -0.480 e. The molecule has 286 valence electrons. The number of rotatable bonds is 20. The fourth-order valence-corrected chi connectivity index (χ4v) is 5.79. The van der Waals surface area contributed by atoms with Gasteiger partial charge in [0.15, 0.2) is 16.9 Å². The summed E-state index contributed by atoms with van der Waals surface area (Å²) >= 11 is 0. The van der Waals surface area contributed by atoms with Gasteiger partial charge in [-0.1, -0.05) is 25.3 Å². The van der Waals surface area contributed by atoms with Crippen LogP contribution in [0.2, 0.25) is 0 Å². The van der Waals surface area contributed by atoms with E-state index in [0.29, 0.717) is 42.0 Å². The number of nitrogens with one attached hydrogen (secondary N) is 3. The van der Waals surface area contributed by atoms with Crippen molar-refractivity contribution >= 4 is 48.3 Å². The van der Waals surface area contributed by atoms with Gasteiger partial charge in [-0.05, 0) is 75.1 Å². The Hall–Kier alpha value is -6.55. The van der Waals surface area contributed by atoms with Crippen LogP contribution in [0.3, 0.4) is 0 Å². The number of benzene rings is 2. The normalized spacial score (nSPS) is 11.4. The van der Waals surface area contributed by atoms with E-state index >= 15 is 0 Å². The van der Waals surface area contributed by atoms with Crippen LogP contribution in [-0.4, -0.2) is 61.3 Å². The highest BCUT2D eigenvalue weighted by Gasteiger charge is 2.28. The number of aliphatic carboxylic acids is 1. The van der Waals surface area contributed by atoms with Gasteiger partial charge in [0.05, 0.1) is 30.6 Å². The number of aromatic nitrogens is 4. The average molecular weight is 773 g/mol. The van der Waals surface area contributed by atoms with Crippen molar-refractivity contribution in [3.63, 3.8) is 0 Å². The molecule has 0 bridgehead atoms. The zero-order chi connectivity index (χ0) is 40.0. The molecular weight excluding hydrogens is 735 g/mol. The Labute approximate surface area is 315 Å². The highest BCUT2D eigenvalue weighted by Crippen LogP contribution is 2.48. The smallest absolute Gasteiger partial charge is 0.480 e. The van der Waals surface area contributed by atoms with Gasteiger partial charge in [-0.25, -0.2) is 24.3 Å². The number of amides is 1. The van der Waals surface area contributed by atoms with Crippen LogP contribution < -0.4 is 20.9 Å². The Morgan fingerprint density at radius 2 is 1.71 bits per heavy atom. The lowest BCUT2D eigenvalue weighted by Crippen LogP contribution is -2.41. The summed E-state index contributed by atoms with van der Waals surface area (Å²) in [6.45, 7) is 3.55. The van der Waals surface area contributed by atoms with E-state index in [4.69, 9.17) is 22.1 Å². The first-order valence-electron chi connectivity index (χ1n) is 16.8. The average Bonchev–Trinajstić information content (AvgIpc) is 3.14. The van der Waals surface area contributed by atoms with Gasteiger partial charge in [-0.3, -0.25) is 23.7 Å². The lowest BCUT2D eigenvalue weighted by molar-refractivity contribution is -0.140. The van der Waals surface area contributed by atoms with Crippen molar-refractivity contribution < 1.29 is 47.2 Å². The summed E-state index contributed by atoms with van der Waals surface area (Å²) in [5, 5.41) is 15.3. The third-order valence-corrected chi connectivity index (χ3v) is 8.89. The molecule has 0 aliphatic heterocycles. The standard InChI is InChI=1S/C37H37N6O11P/c1-5-51-55(50,52-6-2)53-19-9-7-8-10-30(44)28-16-11-23(3)20-31(28)54-32(45)18-17-29(37(48)49)43-35(46)25-12-14-26(15-13-25)38-21-27-22-39-34-33(42-27)36(47)41-24(4)40-34/h1-2,11-16,20,22,29,38H,7-10,17-19,21H2,3-4H3,(H,43,46)(H,48,49)(H,39,40,41,47)/t29-/m0/s1. The molecule has 2 aromatic carbocycles. The molecule has 2 heterocycles. The van der Waals surface area contributed by atoms with Crippen molar-refractivity contribution in [2.24, 2.45) is 0 Å². The van der Waals surface area contributed by atoms with E-state index in [-0.39, 0.29) is 66.2 Å². The monoisotopic (exact) mass is 772 g/mol. The van der Waals surface area contributed by atoms with Crippen LogP contribution in [0, 0.1) is 38.9 Å². The first kappa shape index (κ1) is 41.2. The fourth-order valence-electron chi connectivity index (χ4n) is 5.04. The lowest BCUT2D eigenvalue weighted by Gasteiger charge is -2.15. The number of esters is 1. The van der Waals surface area contributed by atoms with Gasteiger partial charge in [-0.15, -0.1) is 0 Å². The Kier molecular flexibility index (Phi) is 14.6. The highest BCUT2D eigenvalue weighted by atomic mass is 31.2. The minimum absolute atomic E-state index is 0.0233. The summed E-state index contributed by atoms with van der Waals surface area (Å²) in [5.74, 6) is -2.68. The number of ketones is 1. The number of carboxylic acid groups (broad SMARTS) is 1. The number of carboxylic acids is 1. The quantitative estimate of drug-likeness (QED) is 0.0240. The third kappa shape index (κ3) is 12.3. The van der Waals surface area contributed by atoms with E-state index < -0.39 is 37.3 Å². The zero-order valence-electron chi connectivity index (χ0n) is 29.8. The van der Waals surface area contributed by atoms with Crippen molar-refractivity contribution in [2.45, 2.75) is 65.0 Å². The second-order valence-corrected chi connectivity index (χ2v) is 13.4. The fraction of sp³-hybridized carbons (Fsp3) is 0.297. The van der Waals surface area contributed by atoms with Crippen LogP contribution in [0.1, 0.15) is 76.3 Å². The highest BCUT2D eigenvalue weighted by molar-refractivity contribution is 7.48. The number of unbranched alkanes of at least 4 members (excludes halogenated alkanes) is 2. The molecule has 0 saturated carbocycles. The first-order valence-corrected chi connectivity index (χ1v) is 18.2. The number of Topliss-reactive ketones (excluding diaryl/α,β-unsaturated/α-hetero) is 1. The molecule has 17 nitrogen and oxygen atoms in total. The number of fused-ring (bicyclic) bond motifs is 1. The van der Waals surface area contributed by atoms with Crippen LogP contribution in [0.15, 0.2) is 53.5 Å². The summed E-state index contributed by atoms with van der Waals surface area (Å²) in [6.07, 6.45) is 15.5. The molecule has 0 spiro atoms. The van der Waals surface area contributed by atoms with Gasteiger partial charge in [0.2, 0.25) is 0 Å². The number of aromatic amines is 1. The van der Waals surface area contributed by atoms with Crippen molar-refractivity contribution in [2.75, 3.05) is 11.9 Å². The number of aryl methyl sites for hydroxylation is 2. The van der Waals surface area contributed by atoms with E-state index in [1.807, 2.05) is 0 Å². The molecule has 4 N–H and O–H groups in total.